The Morgan fingerprint density at radius 2 is 1.83 bits per heavy atom. The molecule has 1 heterocycles. The summed E-state index contributed by atoms with van der Waals surface area (Å²) in [5, 5.41) is 0. The average molecular weight is 317 g/mol. The summed E-state index contributed by atoms with van der Waals surface area (Å²) in [6.45, 7) is 7.91. The Bertz CT molecular complexity index is 547. The Balaban J connectivity index is 2.23. The topological polar surface area (TPSA) is 46.6 Å². The van der Waals surface area contributed by atoms with Crippen LogP contribution in [0.2, 0.25) is 0 Å². The SMILES string of the molecule is CCC(=O)C1CCC(c2ccccc2)N(C(=O)OC(C)(C)C)C1. The van der Waals surface area contributed by atoms with Gasteiger partial charge in [0.05, 0.1) is 6.04 Å². The van der Waals surface area contributed by atoms with Gasteiger partial charge in [-0.05, 0) is 39.2 Å². The molecule has 2 unspecified atom stereocenters. The van der Waals surface area contributed by atoms with Crippen LogP contribution >= 0.6 is 0 Å². The first-order valence-corrected chi connectivity index (χ1v) is 8.39. The fraction of sp³-hybridized carbons (Fsp3) is 0.579. The van der Waals surface area contributed by atoms with Crippen molar-refractivity contribution in [3.05, 3.63) is 35.9 Å². The van der Waals surface area contributed by atoms with Crippen LogP contribution < -0.4 is 0 Å². The van der Waals surface area contributed by atoms with Gasteiger partial charge in [0.15, 0.2) is 0 Å². The van der Waals surface area contributed by atoms with Crippen molar-refractivity contribution < 1.29 is 14.3 Å². The molecule has 1 aromatic carbocycles. The molecule has 0 aromatic heterocycles. The lowest BCUT2D eigenvalue weighted by Crippen LogP contribution is -2.46. The van der Waals surface area contributed by atoms with Crippen LogP contribution in [0, 0.1) is 5.92 Å². The molecule has 23 heavy (non-hydrogen) atoms. The van der Waals surface area contributed by atoms with E-state index in [2.05, 4.69) is 0 Å². The first-order valence-electron chi connectivity index (χ1n) is 8.39. The van der Waals surface area contributed by atoms with Crippen molar-refractivity contribution in [3.63, 3.8) is 0 Å². The van der Waals surface area contributed by atoms with Gasteiger partial charge in [0, 0.05) is 18.9 Å². The molecule has 0 spiro atoms. The minimum atomic E-state index is -0.542. The maximum absolute atomic E-state index is 12.6. The molecule has 126 valence electrons. The number of benzene rings is 1. The smallest absolute Gasteiger partial charge is 0.410 e. The van der Waals surface area contributed by atoms with Crippen LogP contribution in [0.5, 0.6) is 0 Å². The minimum absolute atomic E-state index is 0.0213. The number of amides is 1. The van der Waals surface area contributed by atoms with Gasteiger partial charge < -0.3 is 9.64 Å². The van der Waals surface area contributed by atoms with Gasteiger partial charge in [0.25, 0.3) is 0 Å². The number of hydrogen-bond acceptors (Lipinski definition) is 3. The van der Waals surface area contributed by atoms with Gasteiger partial charge in [0.1, 0.15) is 11.4 Å². The van der Waals surface area contributed by atoms with E-state index in [0.717, 1.165) is 18.4 Å². The first-order chi connectivity index (χ1) is 10.8. The Labute approximate surface area is 138 Å². The normalized spacial score (nSPS) is 21.8. The van der Waals surface area contributed by atoms with Gasteiger partial charge in [-0.25, -0.2) is 4.79 Å². The van der Waals surface area contributed by atoms with E-state index in [-0.39, 0.29) is 23.8 Å². The van der Waals surface area contributed by atoms with Crippen molar-refractivity contribution in [1.82, 2.24) is 4.90 Å². The third-order valence-corrected chi connectivity index (χ3v) is 4.20. The van der Waals surface area contributed by atoms with Gasteiger partial charge in [0.2, 0.25) is 0 Å². The van der Waals surface area contributed by atoms with Gasteiger partial charge >= 0.3 is 6.09 Å². The third kappa shape index (κ3) is 4.57. The molecule has 4 heteroatoms. The number of ether oxygens (including phenoxy) is 1. The molecule has 1 aliphatic rings. The molecule has 0 aliphatic carbocycles. The van der Waals surface area contributed by atoms with Crippen molar-refractivity contribution in [2.24, 2.45) is 5.92 Å². The van der Waals surface area contributed by atoms with Gasteiger partial charge in [-0.2, -0.15) is 0 Å². The predicted octanol–water partition coefficient (Wildman–Crippen LogP) is 4.35. The largest absolute Gasteiger partial charge is 0.444 e. The second kappa shape index (κ2) is 7.16. The number of likely N-dealkylation sites (tertiary alicyclic amines) is 1. The van der Waals surface area contributed by atoms with E-state index in [1.165, 1.54) is 0 Å². The molecule has 1 fully saturated rings. The van der Waals surface area contributed by atoms with Crippen molar-refractivity contribution in [3.8, 4) is 0 Å². The summed E-state index contributed by atoms with van der Waals surface area (Å²) in [6.07, 6.45) is 1.80. The number of carbonyl (C=O) groups is 2. The number of piperidine rings is 1. The number of ketones is 1. The molecule has 1 aliphatic heterocycles. The summed E-state index contributed by atoms with van der Waals surface area (Å²) in [4.78, 5) is 26.5. The Morgan fingerprint density at radius 1 is 1.17 bits per heavy atom. The van der Waals surface area contributed by atoms with E-state index in [1.54, 1.807) is 4.90 Å². The molecule has 0 bridgehead atoms. The second-order valence-corrected chi connectivity index (χ2v) is 7.15. The summed E-state index contributed by atoms with van der Waals surface area (Å²) in [5.74, 6) is 0.151. The van der Waals surface area contributed by atoms with Gasteiger partial charge in [-0.1, -0.05) is 37.3 Å². The molecular weight excluding hydrogens is 290 g/mol. The molecular formula is C19H27NO3. The monoisotopic (exact) mass is 317 g/mol. The van der Waals surface area contributed by atoms with E-state index in [0.29, 0.717) is 13.0 Å². The number of Topliss-reactive ketones (excluding diaryl/α,β-unsaturated/α-hetero) is 1. The maximum atomic E-state index is 12.6. The van der Waals surface area contributed by atoms with Crippen LogP contribution in [0.1, 0.15) is 58.6 Å². The van der Waals surface area contributed by atoms with Crippen molar-refractivity contribution >= 4 is 11.9 Å². The highest BCUT2D eigenvalue weighted by atomic mass is 16.6. The predicted molar refractivity (Wildman–Crippen MR) is 90.1 cm³/mol. The Hall–Kier alpha value is -1.84. The molecule has 0 radical (unpaired) electrons. The van der Waals surface area contributed by atoms with Crippen LogP contribution in [0.15, 0.2) is 30.3 Å². The van der Waals surface area contributed by atoms with E-state index >= 15 is 0 Å². The quantitative estimate of drug-likeness (QED) is 0.832. The van der Waals surface area contributed by atoms with Crippen LogP contribution in [0.25, 0.3) is 0 Å². The Kier molecular flexibility index (Phi) is 5.45. The lowest BCUT2D eigenvalue weighted by atomic mass is 9.86. The average Bonchev–Trinajstić information content (AvgIpc) is 2.52. The molecule has 2 atom stereocenters. The summed E-state index contributed by atoms with van der Waals surface area (Å²) in [6, 6.07) is 9.96. The summed E-state index contributed by atoms with van der Waals surface area (Å²) in [7, 11) is 0. The Morgan fingerprint density at radius 3 is 2.39 bits per heavy atom. The molecule has 4 nitrogen and oxygen atoms in total. The number of hydrogen-bond donors (Lipinski definition) is 0. The lowest BCUT2D eigenvalue weighted by molar-refractivity contribution is -0.124. The second-order valence-electron chi connectivity index (χ2n) is 7.15. The molecule has 0 saturated carbocycles. The standard InChI is InChI=1S/C19H27NO3/c1-5-17(21)15-11-12-16(14-9-7-6-8-10-14)20(13-15)18(22)23-19(2,3)4/h6-10,15-16H,5,11-13H2,1-4H3. The van der Waals surface area contributed by atoms with E-state index in [1.807, 2.05) is 58.0 Å². The van der Waals surface area contributed by atoms with Gasteiger partial charge in [-0.3, -0.25) is 4.79 Å². The first kappa shape index (κ1) is 17.5. The zero-order valence-electron chi connectivity index (χ0n) is 14.5. The lowest BCUT2D eigenvalue weighted by Gasteiger charge is -2.40. The molecule has 1 saturated heterocycles. The number of rotatable bonds is 3. The van der Waals surface area contributed by atoms with Crippen LogP contribution in [0.4, 0.5) is 4.79 Å². The van der Waals surface area contributed by atoms with Gasteiger partial charge in [-0.15, -0.1) is 0 Å². The van der Waals surface area contributed by atoms with E-state index in [4.69, 9.17) is 4.74 Å². The molecule has 1 amide bonds. The summed E-state index contributed by atoms with van der Waals surface area (Å²) >= 11 is 0. The van der Waals surface area contributed by atoms with Crippen LogP contribution in [-0.2, 0) is 9.53 Å². The van der Waals surface area contributed by atoms with E-state index in [9.17, 15) is 9.59 Å². The number of carbonyl (C=O) groups excluding carboxylic acids is 2. The minimum Gasteiger partial charge on any atom is -0.444 e. The summed E-state index contributed by atoms with van der Waals surface area (Å²) in [5.41, 5.74) is 0.556. The zero-order chi connectivity index (χ0) is 17.0. The maximum Gasteiger partial charge on any atom is 0.410 e. The molecule has 0 N–H and O–H groups in total. The third-order valence-electron chi connectivity index (χ3n) is 4.20. The van der Waals surface area contributed by atoms with Crippen molar-refractivity contribution in [2.75, 3.05) is 6.54 Å². The zero-order valence-corrected chi connectivity index (χ0v) is 14.5. The molecule has 2 rings (SSSR count). The van der Waals surface area contributed by atoms with Crippen molar-refractivity contribution in [1.29, 1.82) is 0 Å². The highest BCUT2D eigenvalue weighted by Crippen LogP contribution is 2.35. The number of nitrogens with zero attached hydrogens (tertiary/aromatic N) is 1. The fourth-order valence-corrected chi connectivity index (χ4v) is 3.07. The highest BCUT2D eigenvalue weighted by Gasteiger charge is 2.36. The van der Waals surface area contributed by atoms with Crippen molar-refractivity contribution in [2.45, 2.75) is 58.6 Å². The summed E-state index contributed by atoms with van der Waals surface area (Å²) < 4.78 is 5.57. The van der Waals surface area contributed by atoms with E-state index < -0.39 is 5.60 Å². The molecule has 1 aromatic rings. The van der Waals surface area contributed by atoms with Crippen LogP contribution in [-0.4, -0.2) is 28.9 Å². The van der Waals surface area contributed by atoms with Crippen LogP contribution in [0.3, 0.4) is 0 Å². The fourth-order valence-electron chi connectivity index (χ4n) is 3.07. The highest BCUT2D eigenvalue weighted by molar-refractivity contribution is 5.82.